The van der Waals surface area contributed by atoms with Crippen molar-refractivity contribution in [3.8, 4) is 0 Å². The number of benzene rings is 2. The van der Waals surface area contributed by atoms with Crippen LogP contribution in [0.1, 0.15) is 33.8 Å². The van der Waals surface area contributed by atoms with Crippen LogP contribution in [0.4, 0.5) is 0 Å². The number of aliphatic hydroxyl groups is 1. The number of hydrogen-bond acceptors (Lipinski definition) is 3. The Kier molecular flexibility index (Phi) is 7.15. The molecule has 0 radical (unpaired) electrons. The normalized spacial score (nSPS) is 13.2. The number of carbonyl (C=O) groups excluding carboxylic acids is 1. The molecule has 0 saturated heterocycles. The first-order valence-corrected chi connectivity index (χ1v) is 9.66. The molecule has 0 saturated carbocycles. The molecule has 0 aliphatic rings. The molecule has 0 bridgehead atoms. The zero-order valence-corrected chi connectivity index (χ0v) is 14.6. The largest absolute Gasteiger partial charge is 0.396 e. The molecule has 0 aromatic heterocycles. The molecule has 0 spiro atoms. The molecule has 0 aliphatic heterocycles. The lowest BCUT2D eigenvalue weighted by molar-refractivity contribution is 0.0949. The summed E-state index contributed by atoms with van der Waals surface area (Å²) in [6.07, 6.45) is 2.24. The highest BCUT2D eigenvalue weighted by Crippen LogP contribution is 2.18. The van der Waals surface area contributed by atoms with Crippen LogP contribution < -0.4 is 5.32 Å². The predicted molar refractivity (Wildman–Crippen MR) is 97.4 cm³/mol. The fourth-order valence-corrected chi connectivity index (χ4v) is 3.27. The third-order valence-electron chi connectivity index (χ3n) is 3.82. The summed E-state index contributed by atoms with van der Waals surface area (Å²) < 4.78 is 11.3. The van der Waals surface area contributed by atoms with E-state index in [0.717, 1.165) is 11.1 Å². The van der Waals surface area contributed by atoms with Crippen molar-refractivity contribution in [3.63, 3.8) is 0 Å². The van der Waals surface area contributed by atoms with Gasteiger partial charge in [0.1, 0.15) is 0 Å². The van der Waals surface area contributed by atoms with Crippen LogP contribution in [0.5, 0.6) is 0 Å². The molecule has 2 N–H and O–H groups in total. The summed E-state index contributed by atoms with van der Waals surface area (Å²) in [4.78, 5) is 12.4. The predicted octanol–water partition coefficient (Wildman–Crippen LogP) is 2.46. The topological polar surface area (TPSA) is 66.4 Å². The van der Waals surface area contributed by atoms with Gasteiger partial charge in [-0.2, -0.15) is 0 Å². The highest BCUT2D eigenvalue weighted by Gasteiger charge is 2.13. The van der Waals surface area contributed by atoms with Crippen molar-refractivity contribution < 1.29 is 14.1 Å². The highest BCUT2D eigenvalue weighted by molar-refractivity contribution is 7.83. The Morgan fingerprint density at radius 3 is 2.58 bits per heavy atom. The zero-order chi connectivity index (χ0) is 17.4. The number of nitrogens with one attached hydrogen (secondary N) is 1. The van der Waals surface area contributed by atoms with Gasteiger partial charge in [0.25, 0.3) is 5.91 Å². The van der Waals surface area contributed by atoms with Crippen molar-refractivity contribution in [2.75, 3.05) is 19.4 Å². The van der Waals surface area contributed by atoms with Crippen LogP contribution in [-0.4, -0.2) is 34.6 Å². The second-order valence-electron chi connectivity index (χ2n) is 5.75. The fraction of sp³-hybridized carbons (Fsp3) is 0.316. The number of rotatable bonds is 8. The molecule has 0 aliphatic carbocycles. The third kappa shape index (κ3) is 5.58. The van der Waals surface area contributed by atoms with Crippen molar-refractivity contribution in [1.82, 2.24) is 5.32 Å². The van der Waals surface area contributed by atoms with E-state index in [9.17, 15) is 14.1 Å². The Morgan fingerprint density at radius 1 is 1.17 bits per heavy atom. The average Bonchev–Trinajstić information content (AvgIpc) is 2.58. The van der Waals surface area contributed by atoms with Crippen LogP contribution >= 0.6 is 0 Å². The van der Waals surface area contributed by atoms with E-state index in [-0.39, 0.29) is 18.4 Å². The van der Waals surface area contributed by atoms with Gasteiger partial charge in [-0.05, 0) is 29.7 Å². The quantitative estimate of drug-likeness (QED) is 0.772. The van der Waals surface area contributed by atoms with E-state index in [0.29, 0.717) is 24.3 Å². The van der Waals surface area contributed by atoms with Gasteiger partial charge in [-0.25, -0.2) is 0 Å². The number of carbonyl (C=O) groups is 1. The second-order valence-corrected chi connectivity index (χ2v) is 7.18. The van der Waals surface area contributed by atoms with Crippen LogP contribution in [0.15, 0.2) is 54.6 Å². The lowest BCUT2D eigenvalue weighted by Crippen LogP contribution is -2.29. The van der Waals surface area contributed by atoms with Crippen molar-refractivity contribution >= 4 is 16.7 Å². The maximum atomic E-state index is 12.4. The minimum atomic E-state index is -0.936. The first-order chi connectivity index (χ1) is 11.6. The van der Waals surface area contributed by atoms with Gasteiger partial charge in [-0.3, -0.25) is 9.00 Å². The third-order valence-corrected chi connectivity index (χ3v) is 4.56. The summed E-state index contributed by atoms with van der Waals surface area (Å²) in [6.45, 7) is 0.542. The summed E-state index contributed by atoms with van der Waals surface area (Å²) in [5.74, 6) is 0.363. The van der Waals surface area contributed by atoms with Gasteiger partial charge in [0.15, 0.2) is 0 Å². The average molecular weight is 345 g/mol. The maximum absolute atomic E-state index is 12.4. The SMILES string of the molecule is CS(=O)Cc1cccc(C(=O)NCC(CCO)c2ccccc2)c1. The standard InChI is InChI=1S/C19H23NO3S/c1-24(23)14-15-6-5-9-17(12-15)19(22)20-13-18(10-11-21)16-7-3-2-4-8-16/h2-9,12,18,21H,10-11,13-14H2,1H3,(H,20,22). The zero-order valence-electron chi connectivity index (χ0n) is 13.8. The number of aliphatic hydroxyl groups excluding tert-OH is 1. The van der Waals surface area contributed by atoms with Gasteiger partial charge in [-0.15, -0.1) is 0 Å². The number of hydrogen-bond donors (Lipinski definition) is 2. The van der Waals surface area contributed by atoms with E-state index in [2.05, 4.69) is 5.32 Å². The van der Waals surface area contributed by atoms with Gasteiger partial charge in [0.05, 0.1) is 0 Å². The minimum absolute atomic E-state index is 0.0754. The van der Waals surface area contributed by atoms with Gasteiger partial charge >= 0.3 is 0 Å². The van der Waals surface area contributed by atoms with E-state index in [1.54, 1.807) is 24.5 Å². The molecular formula is C19H23NO3S. The summed E-state index contributed by atoms with van der Waals surface area (Å²) in [5, 5.41) is 12.2. The van der Waals surface area contributed by atoms with Crippen molar-refractivity contribution in [3.05, 3.63) is 71.3 Å². The molecule has 2 unspecified atom stereocenters. The molecule has 4 nitrogen and oxygen atoms in total. The van der Waals surface area contributed by atoms with Gasteiger partial charge in [-0.1, -0.05) is 42.5 Å². The van der Waals surface area contributed by atoms with Gasteiger partial charge in [0.2, 0.25) is 0 Å². The van der Waals surface area contributed by atoms with Crippen LogP contribution in [0, 0.1) is 0 Å². The molecule has 24 heavy (non-hydrogen) atoms. The Bertz CT molecular complexity index is 688. The molecule has 128 valence electrons. The molecule has 0 fully saturated rings. The van der Waals surface area contributed by atoms with E-state index < -0.39 is 10.8 Å². The first kappa shape index (κ1) is 18.4. The van der Waals surface area contributed by atoms with Gasteiger partial charge < -0.3 is 10.4 Å². The fourth-order valence-electron chi connectivity index (χ4n) is 2.62. The van der Waals surface area contributed by atoms with Crippen molar-refractivity contribution in [1.29, 1.82) is 0 Å². The summed E-state index contributed by atoms with van der Waals surface area (Å²) in [6, 6.07) is 17.1. The van der Waals surface area contributed by atoms with E-state index in [1.165, 1.54) is 0 Å². The highest BCUT2D eigenvalue weighted by atomic mass is 32.2. The molecular weight excluding hydrogens is 322 g/mol. The second kappa shape index (κ2) is 9.35. The summed E-state index contributed by atoms with van der Waals surface area (Å²) >= 11 is 0. The minimum Gasteiger partial charge on any atom is -0.396 e. The van der Waals surface area contributed by atoms with Crippen LogP contribution in [0.2, 0.25) is 0 Å². The molecule has 2 aromatic carbocycles. The van der Waals surface area contributed by atoms with E-state index in [1.807, 2.05) is 36.4 Å². The molecule has 2 atom stereocenters. The molecule has 2 aromatic rings. The van der Waals surface area contributed by atoms with Crippen molar-refractivity contribution in [2.45, 2.75) is 18.1 Å². The molecule has 5 heteroatoms. The molecule has 2 rings (SSSR count). The maximum Gasteiger partial charge on any atom is 0.251 e. The van der Waals surface area contributed by atoms with Crippen LogP contribution in [0.25, 0.3) is 0 Å². The van der Waals surface area contributed by atoms with E-state index >= 15 is 0 Å². The summed E-state index contributed by atoms with van der Waals surface area (Å²) in [5.41, 5.74) is 2.55. The molecule has 1 amide bonds. The Labute approximate surface area is 145 Å². The van der Waals surface area contributed by atoms with Gasteiger partial charge in [0, 0.05) is 47.4 Å². The number of amides is 1. The Hall–Kier alpha value is -1.98. The lowest BCUT2D eigenvalue weighted by atomic mass is 9.96. The smallest absolute Gasteiger partial charge is 0.251 e. The Balaban J connectivity index is 2.02. The van der Waals surface area contributed by atoms with Crippen molar-refractivity contribution in [2.24, 2.45) is 0 Å². The monoisotopic (exact) mass is 345 g/mol. The lowest BCUT2D eigenvalue weighted by Gasteiger charge is -2.17. The van der Waals surface area contributed by atoms with E-state index in [4.69, 9.17) is 0 Å². The summed E-state index contributed by atoms with van der Waals surface area (Å²) in [7, 11) is -0.936. The first-order valence-electron chi connectivity index (χ1n) is 7.93. The van der Waals surface area contributed by atoms with Crippen LogP contribution in [-0.2, 0) is 16.6 Å². The Morgan fingerprint density at radius 2 is 1.92 bits per heavy atom. The van der Waals surface area contributed by atoms with Crippen LogP contribution in [0.3, 0.4) is 0 Å². The molecule has 0 heterocycles.